The van der Waals surface area contributed by atoms with Gasteiger partial charge in [0.05, 0.1) is 6.61 Å². The summed E-state index contributed by atoms with van der Waals surface area (Å²) in [5, 5.41) is 20.3. The first kappa shape index (κ1) is 15.4. The first-order valence-electron chi connectivity index (χ1n) is 5.43. The van der Waals surface area contributed by atoms with Crippen molar-refractivity contribution < 1.29 is 19.8 Å². The molecule has 17 heavy (non-hydrogen) atoms. The molecule has 1 atom stereocenters. The fourth-order valence-electron chi connectivity index (χ4n) is 1.16. The smallest absolute Gasteiger partial charge is 0.329 e. The maximum absolute atomic E-state index is 11.8. The number of carbonyl (C=O) groups excluding carboxylic acids is 1. The fourth-order valence-corrected chi connectivity index (χ4v) is 1.16. The number of carboxylic acids is 1. The third kappa shape index (κ3) is 4.44. The molecule has 0 aliphatic heterocycles. The van der Waals surface area contributed by atoms with E-state index in [0.717, 1.165) is 0 Å². The predicted octanol–water partition coefficient (Wildman–Crippen LogP) is 0.430. The second kappa shape index (κ2) is 6.90. The molecule has 0 aromatic carbocycles. The number of urea groups is 1. The Morgan fingerprint density at radius 3 is 2.47 bits per heavy atom. The molecule has 0 aromatic heterocycles. The molecule has 3 N–H and O–H groups in total. The lowest BCUT2D eigenvalue weighted by atomic mass is 10.00. The molecule has 6 heteroatoms. The highest BCUT2D eigenvalue weighted by Crippen LogP contribution is 2.10. The molecule has 0 bridgehead atoms. The summed E-state index contributed by atoms with van der Waals surface area (Å²) in [5.74, 6) is -1.09. The standard InChI is InChI=1S/C11H20N2O4/c1-4-6-13(7-8-14)10(17)12-11(3,5-2)9(15)16/h4,14H,1,5-8H2,2-3H3,(H,12,17)(H,15,16). The van der Waals surface area contributed by atoms with E-state index in [9.17, 15) is 9.59 Å². The van der Waals surface area contributed by atoms with Crippen LogP contribution in [0.1, 0.15) is 20.3 Å². The van der Waals surface area contributed by atoms with E-state index in [1.165, 1.54) is 17.9 Å². The average Bonchev–Trinajstić information content (AvgIpc) is 2.28. The summed E-state index contributed by atoms with van der Waals surface area (Å²) in [7, 11) is 0. The highest BCUT2D eigenvalue weighted by Gasteiger charge is 2.33. The topological polar surface area (TPSA) is 89.9 Å². The molecule has 0 radical (unpaired) electrons. The number of carboxylic acid groups (broad SMARTS) is 1. The average molecular weight is 244 g/mol. The second-order valence-electron chi connectivity index (χ2n) is 3.88. The summed E-state index contributed by atoms with van der Waals surface area (Å²) in [6, 6.07) is -0.522. The molecule has 6 nitrogen and oxygen atoms in total. The van der Waals surface area contributed by atoms with Crippen LogP contribution in [0.25, 0.3) is 0 Å². The van der Waals surface area contributed by atoms with Crippen molar-refractivity contribution in [1.29, 1.82) is 0 Å². The number of nitrogens with zero attached hydrogens (tertiary/aromatic N) is 1. The Hall–Kier alpha value is -1.56. The van der Waals surface area contributed by atoms with Crippen LogP contribution in [-0.4, -0.2) is 52.3 Å². The molecule has 0 saturated heterocycles. The normalized spacial score (nSPS) is 13.6. The molecule has 2 amide bonds. The van der Waals surface area contributed by atoms with E-state index in [2.05, 4.69) is 11.9 Å². The minimum absolute atomic E-state index is 0.136. The summed E-state index contributed by atoms with van der Waals surface area (Å²) >= 11 is 0. The molecule has 0 aliphatic rings. The number of aliphatic hydroxyl groups is 1. The summed E-state index contributed by atoms with van der Waals surface area (Å²) in [6.07, 6.45) is 1.79. The third-order valence-corrected chi connectivity index (χ3v) is 2.57. The Morgan fingerprint density at radius 1 is 1.53 bits per heavy atom. The van der Waals surface area contributed by atoms with Gasteiger partial charge in [0.1, 0.15) is 5.54 Å². The second-order valence-corrected chi connectivity index (χ2v) is 3.88. The largest absolute Gasteiger partial charge is 0.480 e. The van der Waals surface area contributed by atoms with Crippen molar-refractivity contribution >= 4 is 12.0 Å². The number of carbonyl (C=O) groups is 2. The van der Waals surface area contributed by atoms with Crippen LogP contribution in [0.2, 0.25) is 0 Å². The van der Waals surface area contributed by atoms with E-state index in [0.29, 0.717) is 0 Å². The molecule has 0 saturated carbocycles. The van der Waals surface area contributed by atoms with Gasteiger partial charge in [-0.2, -0.15) is 0 Å². The van der Waals surface area contributed by atoms with Gasteiger partial charge in [-0.05, 0) is 13.3 Å². The van der Waals surface area contributed by atoms with Crippen LogP contribution >= 0.6 is 0 Å². The Balaban J connectivity index is 4.67. The van der Waals surface area contributed by atoms with Gasteiger partial charge in [0.2, 0.25) is 0 Å². The van der Waals surface area contributed by atoms with Crippen LogP contribution in [0.4, 0.5) is 4.79 Å². The number of aliphatic carboxylic acids is 1. The first-order valence-corrected chi connectivity index (χ1v) is 5.43. The minimum Gasteiger partial charge on any atom is -0.480 e. The summed E-state index contributed by atoms with van der Waals surface area (Å²) in [4.78, 5) is 24.1. The summed E-state index contributed by atoms with van der Waals surface area (Å²) in [6.45, 7) is 6.83. The molecule has 1 unspecified atom stereocenters. The van der Waals surface area contributed by atoms with Crippen LogP contribution in [0, 0.1) is 0 Å². The van der Waals surface area contributed by atoms with Crippen LogP contribution in [0.3, 0.4) is 0 Å². The van der Waals surface area contributed by atoms with Crippen molar-refractivity contribution in [1.82, 2.24) is 10.2 Å². The van der Waals surface area contributed by atoms with Crippen molar-refractivity contribution in [3.8, 4) is 0 Å². The molecule has 98 valence electrons. The maximum atomic E-state index is 11.8. The van der Waals surface area contributed by atoms with Gasteiger partial charge in [-0.25, -0.2) is 9.59 Å². The number of nitrogens with one attached hydrogen (secondary N) is 1. The number of rotatable bonds is 7. The van der Waals surface area contributed by atoms with Crippen LogP contribution < -0.4 is 5.32 Å². The zero-order chi connectivity index (χ0) is 13.5. The van der Waals surface area contributed by atoms with E-state index in [-0.39, 0.29) is 26.1 Å². The minimum atomic E-state index is -1.30. The van der Waals surface area contributed by atoms with Crippen LogP contribution in [0.15, 0.2) is 12.7 Å². The highest BCUT2D eigenvalue weighted by atomic mass is 16.4. The van der Waals surface area contributed by atoms with Crippen LogP contribution in [-0.2, 0) is 4.79 Å². The van der Waals surface area contributed by atoms with Crippen LogP contribution in [0.5, 0.6) is 0 Å². The number of amides is 2. The molecule has 0 fully saturated rings. The SMILES string of the molecule is C=CCN(CCO)C(=O)NC(C)(CC)C(=O)O. The van der Waals surface area contributed by atoms with E-state index >= 15 is 0 Å². The molecule has 0 rings (SSSR count). The van der Waals surface area contributed by atoms with Crippen molar-refractivity contribution in [2.24, 2.45) is 0 Å². The summed E-state index contributed by atoms with van der Waals surface area (Å²) < 4.78 is 0. The van der Waals surface area contributed by atoms with Gasteiger partial charge in [0.25, 0.3) is 0 Å². The molecular formula is C11H20N2O4. The zero-order valence-electron chi connectivity index (χ0n) is 10.3. The molecular weight excluding hydrogens is 224 g/mol. The van der Waals surface area contributed by atoms with Crippen molar-refractivity contribution in [3.63, 3.8) is 0 Å². The van der Waals surface area contributed by atoms with Gasteiger partial charge in [-0.15, -0.1) is 6.58 Å². The van der Waals surface area contributed by atoms with Gasteiger partial charge in [-0.3, -0.25) is 0 Å². The number of hydrogen-bond acceptors (Lipinski definition) is 3. The van der Waals surface area contributed by atoms with E-state index < -0.39 is 17.5 Å². The van der Waals surface area contributed by atoms with Gasteiger partial charge in [-0.1, -0.05) is 13.0 Å². The highest BCUT2D eigenvalue weighted by molar-refractivity contribution is 5.85. The Kier molecular flexibility index (Phi) is 6.27. The Bertz CT molecular complexity index is 293. The fraction of sp³-hybridized carbons (Fsp3) is 0.636. The lowest BCUT2D eigenvalue weighted by molar-refractivity contribution is -0.143. The van der Waals surface area contributed by atoms with Gasteiger partial charge in [0.15, 0.2) is 0 Å². The lowest BCUT2D eigenvalue weighted by Crippen LogP contribution is -2.56. The Morgan fingerprint density at radius 2 is 2.12 bits per heavy atom. The lowest BCUT2D eigenvalue weighted by Gasteiger charge is -2.29. The van der Waals surface area contributed by atoms with Gasteiger partial charge >= 0.3 is 12.0 Å². The number of hydrogen-bond donors (Lipinski definition) is 3. The van der Waals surface area contributed by atoms with Crippen molar-refractivity contribution in [2.75, 3.05) is 19.7 Å². The van der Waals surface area contributed by atoms with Gasteiger partial charge < -0.3 is 20.4 Å². The Labute approximate surface area is 101 Å². The summed E-state index contributed by atoms with van der Waals surface area (Å²) in [5.41, 5.74) is -1.30. The van der Waals surface area contributed by atoms with Gasteiger partial charge in [0, 0.05) is 13.1 Å². The third-order valence-electron chi connectivity index (χ3n) is 2.57. The zero-order valence-corrected chi connectivity index (χ0v) is 10.3. The van der Waals surface area contributed by atoms with E-state index in [4.69, 9.17) is 10.2 Å². The molecule has 0 aromatic rings. The maximum Gasteiger partial charge on any atom is 0.329 e. The first-order chi connectivity index (χ1) is 7.91. The number of aliphatic hydroxyl groups excluding tert-OH is 1. The van der Waals surface area contributed by atoms with Crippen molar-refractivity contribution in [2.45, 2.75) is 25.8 Å². The monoisotopic (exact) mass is 244 g/mol. The quantitative estimate of drug-likeness (QED) is 0.566. The van der Waals surface area contributed by atoms with E-state index in [1.807, 2.05) is 0 Å². The molecule has 0 spiro atoms. The van der Waals surface area contributed by atoms with Crippen molar-refractivity contribution in [3.05, 3.63) is 12.7 Å². The van der Waals surface area contributed by atoms with E-state index in [1.54, 1.807) is 6.92 Å². The molecule has 0 aliphatic carbocycles. The predicted molar refractivity (Wildman–Crippen MR) is 63.7 cm³/mol. The molecule has 0 heterocycles.